The molecule has 4 nitrogen and oxygen atoms in total. The summed E-state index contributed by atoms with van der Waals surface area (Å²) >= 11 is 19.3. The van der Waals surface area contributed by atoms with E-state index in [1.807, 2.05) is 6.07 Å². The van der Waals surface area contributed by atoms with Crippen molar-refractivity contribution >= 4 is 54.9 Å². The number of nitrogens with zero attached hydrogens (tertiary/aromatic N) is 2. The van der Waals surface area contributed by atoms with Gasteiger partial charge in [0.2, 0.25) is 5.78 Å². The first-order chi connectivity index (χ1) is 8.79. The van der Waals surface area contributed by atoms with Crippen LogP contribution >= 0.6 is 49.1 Å². The Morgan fingerprint density at radius 3 is 2.53 bits per heavy atom. The summed E-state index contributed by atoms with van der Waals surface area (Å²) in [5.41, 5.74) is 0.0266. The molecule has 0 radical (unpaired) electrons. The van der Waals surface area contributed by atoms with Crippen LogP contribution in [0.25, 0.3) is 0 Å². The van der Waals surface area contributed by atoms with Gasteiger partial charge in [-0.15, -0.1) is 25.3 Å². The van der Waals surface area contributed by atoms with Crippen molar-refractivity contribution in [2.24, 2.45) is 0 Å². The van der Waals surface area contributed by atoms with E-state index < -0.39 is 5.78 Å². The number of hydrogen-bond acceptors (Lipinski definition) is 6. The summed E-state index contributed by atoms with van der Waals surface area (Å²) in [5.74, 6) is -0.534. The molecule has 0 aliphatic carbocycles. The molecule has 0 aliphatic heterocycles. The van der Waals surface area contributed by atoms with Gasteiger partial charge in [-0.05, 0) is 0 Å². The maximum Gasteiger partial charge on any atom is 0.209 e. The molecule has 0 saturated heterocycles. The van der Waals surface area contributed by atoms with Crippen LogP contribution in [0.4, 0.5) is 0 Å². The van der Waals surface area contributed by atoms with Gasteiger partial charge in [0.15, 0.2) is 0 Å². The van der Waals surface area contributed by atoms with E-state index in [9.17, 15) is 4.79 Å². The number of halogens is 1. The number of rotatable bonds is 3. The van der Waals surface area contributed by atoms with Crippen LogP contribution in [-0.4, -0.2) is 29.8 Å². The van der Waals surface area contributed by atoms with Gasteiger partial charge < -0.3 is 9.88 Å². The van der Waals surface area contributed by atoms with E-state index in [0.717, 1.165) is 0 Å². The number of carbonyl (C=O) groups is 1. The highest BCUT2D eigenvalue weighted by Crippen LogP contribution is 2.30. The first-order valence-corrected chi connectivity index (χ1v) is 6.64. The second-order valence-electron chi connectivity index (χ2n) is 3.79. The van der Waals surface area contributed by atoms with Crippen LogP contribution in [0.15, 0.2) is 21.6 Å². The number of aromatic amines is 1. The normalized spacial score (nSPS) is 11.1. The van der Waals surface area contributed by atoms with E-state index in [1.54, 1.807) is 19.0 Å². The molecule has 0 amide bonds. The molecular weight excluding hydrogens is 322 g/mol. The van der Waals surface area contributed by atoms with E-state index in [1.165, 1.54) is 6.20 Å². The summed E-state index contributed by atoms with van der Waals surface area (Å²) in [4.78, 5) is 17.1. The standard InChI is InChI=1S/C11H10ClN3OS3/c1-15(2)4-5(3-13)7(16)6-8(17)9(18)11(19)14-10(6)12/h4,18H,1-2H3,(H2,14,17,19)/b5-4+. The largest absolute Gasteiger partial charge is 0.382 e. The van der Waals surface area contributed by atoms with Gasteiger partial charge in [0.05, 0.1) is 10.5 Å². The molecule has 1 N–H and O–H groups in total. The van der Waals surface area contributed by atoms with Crippen molar-refractivity contribution in [1.29, 1.82) is 5.26 Å². The number of pyridine rings is 1. The van der Waals surface area contributed by atoms with Crippen LogP contribution in [0, 0.1) is 16.0 Å². The molecule has 1 aromatic heterocycles. The average Bonchev–Trinajstić information content (AvgIpc) is 2.32. The molecule has 0 aromatic carbocycles. The van der Waals surface area contributed by atoms with Gasteiger partial charge >= 0.3 is 0 Å². The highest BCUT2D eigenvalue weighted by atomic mass is 35.5. The van der Waals surface area contributed by atoms with Crippen molar-refractivity contribution < 1.29 is 4.79 Å². The van der Waals surface area contributed by atoms with Gasteiger partial charge in [0.1, 0.15) is 21.4 Å². The zero-order valence-corrected chi connectivity index (χ0v) is 13.4. The highest BCUT2D eigenvalue weighted by molar-refractivity contribution is 7.84. The summed E-state index contributed by atoms with van der Waals surface area (Å²) in [6.45, 7) is 0. The molecular formula is C11H10ClN3OS3. The van der Waals surface area contributed by atoms with Crippen LogP contribution in [0.1, 0.15) is 10.4 Å². The van der Waals surface area contributed by atoms with Gasteiger partial charge in [-0.1, -0.05) is 23.8 Å². The Kier molecular flexibility index (Phi) is 5.50. The number of allylic oxidation sites excluding steroid dienone is 1. The average molecular weight is 332 g/mol. The van der Waals surface area contributed by atoms with Gasteiger partial charge in [0.25, 0.3) is 0 Å². The lowest BCUT2D eigenvalue weighted by Crippen LogP contribution is -2.11. The molecule has 1 heterocycles. The molecule has 0 atom stereocenters. The van der Waals surface area contributed by atoms with Crippen LogP contribution in [-0.2, 0) is 0 Å². The van der Waals surface area contributed by atoms with Crippen LogP contribution in [0.5, 0.6) is 0 Å². The molecule has 0 fully saturated rings. The number of ketones is 1. The zero-order chi connectivity index (χ0) is 14.7. The van der Waals surface area contributed by atoms with Gasteiger partial charge in [-0.3, -0.25) is 4.79 Å². The molecule has 0 saturated carbocycles. The smallest absolute Gasteiger partial charge is 0.209 e. The second-order valence-corrected chi connectivity index (χ2v) is 5.47. The van der Waals surface area contributed by atoms with Crippen molar-refractivity contribution in [3.05, 3.63) is 27.1 Å². The summed E-state index contributed by atoms with van der Waals surface area (Å²) in [5, 5.41) is 9.07. The maximum absolute atomic E-state index is 12.3. The predicted octanol–water partition coefficient (Wildman–Crippen LogP) is 3.13. The summed E-state index contributed by atoms with van der Waals surface area (Å²) < 4.78 is 0.282. The molecule has 0 unspecified atom stereocenters. The second kappa shape index (κ2) is 6.48. The lowest BCUT2D eigenvalue weighted by Gasteiger charge is -2.10. The molecule has 0 spiro atoms. The number of nitrogens with one attached hydrogen (secondary N) is 1. The molecule has 1 rings (SSSR count). The first kappa shape index (κ1) is 16.1. The third-order valence-corrected chi connectivity index (χ3v) is 3.91. The van der Waals surface area contributed by atoms with Crippen molar-refractivity contribution in [3.63, 3.8) is 0 Å². The number of hydrogen-bond donors (Lipinski definition) is 3. The topological polar surface area (TPSA) is 59.9 Å². The molecule has 0 bridgehead atoms. The van der Waals surface area contributed by atoms with Gasteiger partial charge in [0, 0.05) is 25.2 Å². The number of H-pyrrole nitrogens is 1. The van der Waals surface area contributed by atoms with Crippen molar-refractivity contribution in [2.45, 2.75) is 9.79 Å². The van der Waals surface area contributed by atoms with Gasteiger partial charge in [-0.2, -0.15) is 5.26 Å². The molecule has 100 valence electrons. The van der Waals surface area contributed by atoms with E-state index in [2.05, 4.69) is 30.2 Å². The van der Waals surface area contributed by atoms with Crippen molar-refractivity contribution in [1.82, 2.24) is 9.88 Å². The Hall–Kier alpha value is -0.940. The lowest BCUT2D eigenvalue weighted by atomic mass is 10.1. The number of thiol groups is 2. The van der Waals surface area contributed by atoms with Crippen LogP contribution in [0.2, 0.25) is 5.15 Å². The Morgan fingerprint density at radius 2 is 2.05 bits per heavy atom. The minimum Gasteiger partial charge on any atom is -0.382 e. The van der Waals surface area contributed by atoms with Gasteiger partial charge in [-0.25, -0.2) is 0 Å². The van der Waals surface area contributed by atoms with Crippen LogP contribution in [0.3, 0.4) is 0 Å². The predicted molar refractivity (Wildman–Crippen MR) is 82.9 cm³/mol. The third-order valence-electron chi connectivity index (χ3n) is 2.10. The zero-order valence-electron chi connectivity index (χ0n) is 10.1. The minimum atomic E-state index is -0.534. The maximum atomic E-state index is 12.3. The number of carbonyl (C=O) groups excluding carboxylic acids is 1. The third kappa shape index (κ3) is 3.54. The fourth-order valence-corrected chi connectivity index (χ4v) is 2.46. The number of nitriles is 1. The van der Waals surface area contributed by atoms with Crippen LogP contribution < -0.4 is 0 Å². The monoisotopic (exact) mass is 331 g/mol. The Balaban J connectivity index is 3.48. The number of Topliss-reactive ketones (excluding diaryl/α,β-unsaturated/α-hetero) is 1. The Morgan fingerprint density at radius 1 is 1.47 bits per heavy atom. The summed E-state index contributed by atoms with van der Waals surface area (Å²) in [6, 6.07) is 1.83. The SMILES string of the molecule is CN(C)/C=C(\C#N)C(=O)c1c(Cl)[nH]c(=S)c(S)c1S. The molecule has 8 heteroatoms. The van der Waals surface area contributed by atoms with Crippen molar-refractivity contribution in [2.75, 3.05) is 14.1 Å². The number of aromatic nitrogens is 1. The van der Waals surface area contributed by atoms with Crippen molar-refractivity contribution in [3.8, 4) is 6.07 Å². The van der Waals surface area contributed by atoms with E-state index in [-0.39, 0.29) is 25.8 Å². The molecule has 1 aromatic rings. The summed E-state index contributed by atoms with van der Waals surface area (Å²) in [6.07, 6.45) is 1.41. The fraction of sp³-hybridized carbons (Fsp3) is 0.182. The molecule has 19 heavy (non-hydrogen) atoms. The Bertz CT molecular complexity index is 658. The molecule has 0 aliphatic rings. The quantitative estimate of drug-likeness (QED) is 0.199. The highest BCUT2D eigenvalue weighted by Gasteiger charge is 2.21. The summed E-state index contributed by atoms with van der Waals surface area (Å²) in [7, 11) is 3.41. The minimum absolute atomic E-state index is 0.0395. The first-order valence-electron chi connectivity index (χ1n) is 4.96. The lowest BCUT2D eigenvalue weighted by molar-refractivity contribution is 0.103. The van der Waals surface area contributed by atoms with E-state index in [4.69, 9.17) is 29.1 Å². The Labute approximate surface area is 131 Å². The fourth-order valence-electron chi connectivity index (χ4n) is 1.29. The van der Waals surface area contributed by atoms with E-state index in [0.29, 0.717) is 4.90 Å². The van der Waals surface area contributed by atoms with E-state index >= 15 is 0 Å².